The minimum absolute atomic E-state index is 0.159. The second-order valence-corrected chi connectivity index (χ2v) is 3.14. The molecule has 0 fully saturated rings. The van der Waals surface area contributed by atoms with Crippen molar-refractivity contribution in [2.45, 2.75) is 32.2 Å². The van der Waals surface area contributed by atoms with Crippen molar-refractivity contribution in [2.24, 2.45) is 5.73 Å². The summed E-state index contributed by atoms with van der Waals surface area (Å²) in [5.74, 6) is -0.784. The molecule has 0 rings (SSSR count). The molecule has 0 aliphatic carbocycles. The van der Waals surface area contributed by atoms with Crippen LogP contribution in [0.4, 0.5) is 0 Å². The third-order valence-electron chi connectivity index (χ3n) is 1.77. The summed E-state index contributed by atoms with van der Waals surface area (Å²) in [6, 6.07) is -0.732. The van der Waals surface area contributed by atoms with Gasteiger partial charge in [0.1, 0.15) is 6.04 Å². The monoisotopic (exact) mass is 217 g/mol. The van der Waals surface area contributed by atoms with Crippen LogP contribution >= 0.6 is 0 Å². The number of esters is 1. The van der Waals surface area contributed by atoms with E-state index in [0.29, 0.717) is 6.61 Å². The third-order valence-corrected chi connectivity index (χ3v) is 1.77. The lowest BCUT2D eigenvalue weighted by Gasteiger charge is -2.16. The Hall–Kier alpha value is -1.30. The molecule has 15 heavy (non-hydrogen) atoms. The van der Waals surface area contributed by atoms with Gasteiger partial charge in [-0.15, -0.1) is 0 Å². The van der Waals surface area contributed by atoms with E-state index in [1.807, 2.05) is 6.92 Å². The number of hydrogen-bond acceptors (Lipinski definition) is 4. The van der Waals surface area contributed by atoms with Crippen molar-refractivity contribution in [3.8, 4) is 0 Å². The van der Waals surface area contributed by atoms with Crippen molar-refractivity contribution >= 4 is 11.9 Å². The Morgan fingerprint density at radius 1 is 1.67 bits per heavy atom. The first kappa shape index (κ1) is 13.7. The first-order valence-electron chi connectivity index (χ1n) is 4.99. The van der Waals surface area contributed by atoms with Crippen molar-refractivity contribution < 1.29 is 14.6 Å². The first-order valence-corrected chi connectivity index (χ1v) is 4.99. The molecular formula is C9H19N3O3. The Bertz CT molecular complexity index is 209. The molecule has 0 aliphatic heterocycles. The molecule has 1 atom stereocenters. The SMILES string of the molecule is CCCCOC(=O)C(CCO)NC(=N)N. The second-order valence-electron chi connectivity index (χ2n) is 3.14. The number of carbonyl (C=O) groups excluding carboxylic acids is 1. The van der Waals surface area contributed by atoms with Crippen LogP contribution in [0.5, 0.6) is 0 Å². The molecular weight excluding hydrogens is 198 g/mol. The van der Waals surface area contributed by atoms with Crippen LogP contribution in [0.2, 0.25) is 0 Å². The fourth-order valence-electron chi connectivity index (χ4n) is 0.983. The van der Waals surface area contributed by atoms with E-state index < -0.39 is 12.0 Å². The van der Waals surface area contributed by atoms with Gasteiger partial charge in [0.15, 0.2) is 5.96 Å². The normalized spacial score (nSPS) is 11.9. The van der Waals surface area contributed by atoms with Crippen LogP contribution in [0.15, 0.2) is 0 Å². The van der Waals surface area contributed by atoms with Crippen LogP contribution in [-0.2, 0) is 9.53 Å². The summed E-state index contributed by atoms with van der Waals surface area (Å²) in [5, 5.41) is 18.1. The Balaban J connectivity index is 3.98. The highest BCUT2D eigenvalue weighted by molar-refractivity contribution is 5.83. The predicted molar refractivity (Wildman–Crippen MR) is 56.4 cm³/mol. The molecule has 0 radical (unpaired) electrons. The molecule has 0 saturated heterocycles. The molecule has 0 aromatic carbocycles. The van der Waals surface area contributed by atoms with Gasteiger partial charge in [-0.1, -0.05) is 13.3 Å². The number of nitrogens with two attached hydrogens (primary N) is 1. The number of ether oxygens (including phenoxy) is 1. The van der Waals surface area contributed by atoms with Crippen LogP contribution in [-0.4, -0.2) is 36.3 Å². The van der Waals surface area contributed by atoms with Crippen molar-refractivity contribution in [3.63, 3.8) is 0 Å². The van der Waals surface area contributed by atoms with E-state index in [1.165, 1.54) is 0 Å². The minimum Gasteiger partial charge on any atom is -0.464 e. The Labute approximate surface area is 89.3 Å². The van der Waals surface area contributed by atoms with E-state index in [9.17, 15) is 4.79 Å². The van der Waals surface area contributed by atoms with Gasteiger partial charge in [-0.3, -0.25) is 5.41 Å². The maximum Gasteiger partial charge on any atom is 0.328 e. The lowest BCUT2D eigenvalue weighted by molar-refractivity contribution is -0.146. The van der Waals surface area contributed by atoms with Gasteiger partial charge in [-0.05, 0) is 6.42 Å². The van der Waals surface area contributed by atoms with Gasteiger partial charge in [0, 0.05) is 13.0 Å². The van der Waals surface area contributed by atoms with E-state index in [2.05, 4.69) is 5.32 Å². The highest BCUT2D eigenvalue weighted by Gasteiger charge is 2.19. The Morgan fingerprint density at radius 3 is 2.80 bits per heavy atom. The van der Waals surface area contributed by atoms with Crippen molar-refractivity contribution in [3.05, 3.63) is 0 Å². The van der Waals surface area contributed by atoms with Crippen LogP contribution in [0.3, 0.4) is 0 Å². The molecule has 0 aromatic rings. The molecule has 5 N–H and O–H groups in total. The smallest absolute Gasteiger partial charge is 0.328 e. The number of aliphatic hydroxyl groups excluding tert-OH is 1. The maximum atomic E-state index is 11.4. The maximum absolute atomic E-state index is 11.4. The Morgan fingerprint density at radius 2 is 2.33 bits per heavy atom. The van der Waals surface area contributed by atoms with Gasteiger partial charge < -0.3 is 20.9 Å². The van der Waals surface area contributed by atoms with E-state index >= 15 is 0 Å². The van der Waals surface area contributed by atoms with Crippen LogP contribution in [0.25, 0.3) is 0 Å². The fourth-order valence-corrected chi connectivity index (χ4v) is 0.983. The average Bonchev–Trinajstić information content (AvgIpc) is 2.17. The van der Waals surface area contributed by atoms with E-state index in [4.69, 9.17) is 21.0 Å². The highest BCUT2D eigenvalue weighted by atomic mass is 16.5. The summed E-state index contributed by atoms with van der Waals surface area (Å²) >= 11 is 0. The molecule has 88 valence electrons. The molecule has 0 aromatic heterocycles. The van der Waals surface area contributed by atoms with Gasteiger partial charge in [-0.25, -0.2) is 4.79 Å². The third kappa shape index (κ3) is 6.73. The minimum atomic E-state index is -0.732. The molecule has 0 spiro atoms. The van der Waals surface area contributed by atoms with Crippen molar-refractivity contribution in [2.75, 3.05) is 13.2 Å². The molecule has 0 heterocycles. The summed E-state index contributed by atoms with van der Waals surface area (Å²) in [4.78, 5) is 11.4. The van der Waals surface area contributed by atoms with Crippen molar-refractivity contribution in [1.29, 1.82) is 5.41 Å². The fraction of sp³-hybridized carbons (Fsp3) is 0.778. The second kappa shape index (κ2) is 8.05. The molecule has 6 heteroatoms. The van der Waals surface area contributed by atoms with E-state index in [0.717, 1.165) is 12.8 Å². The summed E-state index contributed by atoms with van der Waals surface area (Å²) in [7, 11) is 0. The number of carbonyl (C=O) groups is 1. The highest BCUT2D eigenvalue weighted by Crippen LogP contribution is 1.97. The summed E-state index contributed by atoms with van der Waals surface area (Å²) in [6.07, 6.45) is 1.93. The van der Waals surface area contributed by atoms with Gasteiger partial charge in [0.05, 0.1) is 6.61 Å². The largest absolute Gasteiger partial charge is 0.464 e. The number of unbranched alkanes of at least 4 members (excludes halogenated alkanes) is 1. The lowest BCUT2D eigenvalue weighted by Crippen LogP contribution is -2.45. The molecule has 1 unspecified atom stereocenters. The first-order chi connectivity index (χ1) is 7.11. The molecule has 6 nitrogen and oxygen atoms in total. The zero-order chi connectivity index (χ0) is 11.7. The average molecular weight is 217 g/mol. The zero-order valence-corrected chi connectivity index (χ0v) is 8.95. The van der Waals surface area contributed by atoms with Crippen molar-refractivity contribution in [1.82, 2.24) is 5.32 Å². The number of rotatable bonds is 7. The molecule has 0 aliphatic rings. The number of hydrogen-bond donors (Lipinski definition) is 4. The standard InChI is InChI=1S/C9H19N3O3/c1-2-3-6-15-8(14)7(4-5-13)12-9(10)11/h7,13H,2-6H2,1H3,(H4,10,11,12). The molecule has 0 amide bonds. The van der Waals surface area contributed by atoms with E-state index in [1.54, 1.807) is 0 Å². The predicted octanol–water partition coefficient (Wildman–Crippen LogP) is -0.436. The number of nitrogens with one attached hydrogen (secondary N) is 2. The quantitative estimate of drug-likeness (QED) is 0.200. The van der Waals surface area contributed by atoms with Gasteiger partial charge in [-0.2, -0.15) is 0 Å². The van der Waals surface area contributed by atoms with Crippen LogP contribution < -0.4 is 11.1 Å². The molecule has 0 bridgehead atoms. The molecule has 0 saturated carbocycles. The summed E-state index contributed by atoms with van der Waals surface area (Å²) in [6.45, 7) is 2.19. The lowest BCUT2D eigenvalue weighted by atomic mass is 10.2. The summed E-state index contributed by atoms with van der Waals surface area (Å²) in [5.41, 5.74) is 5.10. The number of aliphatic hydroxyl groups is 1. The summed E-state index contributed by atoms with van der Waals surface area (Å²) < 4.78 is 4.93. The topological polar surface area (TPSA) is 108 Å². The zero-order valence-electron chi connectivity index (χ0n) is 8.95. The van der Waals surface area contributed by atoms with E-state index in [-0.39, 0.29) is 19.0 Å². The Kier molecular flexibility index (Phi) is 7.35. The van der Waals surface area contributed by atoms with Crippen LogP contribution in [0, 0.1) is 5.41 Å². The number of guanidine groups is 1. The van der Waals surface area contributed by atoms with Gasteiger partial charge in [0.2, 0.25) is 0 Å². The van der Waals surface area contributed by atoms with Gasteiger partial charge >= 0.3 is 5.97 Å². The van der Waals surface area contributed by atoms with Gasteiger partial charge in [0.25, 0.3) is 0 Å². The van der Waals surface area contributed by atoms with Crippen LogP contribution in [0.1, 0.15) is 26.2 Å².